The minimum Gasteiger partial charge on any atom is -0.377 e. The Morgan fingerprint density at radius 2 is 1.89 bits per heavy atom. The highest BCUT2D eigenvalue weighted by atomic mass is 16.5. The zero-order valence-corrected chi connectivity index (χ0v) is 13.6. The molecule has 0 aliphatic heterocycles. The molecule has 0 radical (unpaired) electrons. The molecule has 0 saturated heterocycles. The minimum absolute atomic E-state index is 0.428. The van der Waals surface area contributed by atoms with Crippen molar-refractivity contribution in [1.82, 2.24) is 5.32 Å². The first-order valence-corrected chi connectivity index (χ1v) is 8.44. The number of nitrogens with one attached hydrogen (secondary N) is 1. The number of hydrogen-bond acceptors (Lipinski definition) is 2. The van der Waals surface area contributed by atoms with Gasteiger partial charge in [-0.3, -0.25) is 0 Å². The SMILES string of the molecule is CCCCCCOC1CC(C)(C)CCC1NCCC. The number of ether oxygens (including phenoxy) is 1. The van der Waals surface area contributed by atoms with Gasteiger partial charge >= 0.3 is 0 Å². The van der Waals surface area contributed by atoms with Gasteiger partial charge in [-0.05, 0) is 44.1 Å². The van der Waals surface area contributed by atoms with Crippen molar-refractivity contribution in [3.8, 4) is 0 Å². The van der Waals surface area contributed by atoms with Crippen molar-refractivity contribution in [2.75, 3.05) is 13.2 Å². The highest BCUT2D eigenvalue weighted by Gasteiger charge is 2.34. The normalized spacial score (nSPS) is 26.5. The fourth-order valence-corrected chi connectivity index (χ4v) is 3.02. The molecule has 2 heteroatoms. The van der Waals surface area contributed by atoms with Crippen LogP contribution >= 0.6 is 0 Å². The van der Waals surface area contributed by atoms with Gasteiger partial charge < -0.3 is 10.1 Å². The molecule has 0 spiro atoms. The van der Waals surface area contributed by atoms with E-state index in [1.807, 2.05) is 0 Å². The lowest BCUT2D eigenvalue weighted by molar-refractivity contribution is -0.0293. The summed E-state index contributed by atoms with van der Waals surface area (Å²) in [7, 11) is 0. The molecule has 1 aliphatic rings. The fourth-order valence-electron chi connectivity index (χ4n) is 3.02. The Hall–Kier alpha value is -0.0800. The maximum Gasteiger partial charge on any atom is 0.0733 e. The van der Waals surface area contributed by atoms with E-state index in [2.05, 4.69) is 33.0 Å². The van der Waals surface area contributed by atoms with Crippen LogP contribution in [0.15, 0.2) is 0 Å². The Morgan fingerprint density at radius 1 is 1.11 bits per heavy atom. The highest BCUT2D eigenvalue weighted by molar-refractivity contribution is 4.89. The van der Waals surface area contributed by atoms with Crippen LogP contribution in [0.1, 0.15) is 79.1 Å². The third kappa shape index (κ3) is 6.76. The smallest absolute Gasteiger partial charge is 0.0733 e. The third-order valence-corrected chi connectivity index (χ3v) is 4.32. The molecule has 1 aliphatic carbocycles. The van der Waals surface area contributed by atoms with Crippen molar-refractivity contribution in [1.29, 1.82) is 0 Å². The molecule has 0 bridgehead atoms. The quantitative estimate of drug-likeness (QED) is 0.621. The molecule has 1 rings (SSSR count). The van der Waals surface area contributed by atoms with E-state index >= 15 is 0 Å². The Labute approximate surface area is 120 Å². The first kappa shape index (κ1) is 17.0. The number of hydrogen-bond donors (Lipinski definition) is 1. The van der Waals surface area contributed by atoms with E-state index in [-0.39, 0.29) is 0 Å². The van der Waals surface area contributed by atoms with Crippen LogP contribution in [0.3, 0.4) is 0 Å². The first-order chi connectivity index (χ1) is 9.09. The van der Waals surface area contributed by atoms with Gasteiger partial charge in [-0.25, -0.2) is 0 Å². The van der Waals surface area contributed by atoms with E-state index < -0.39 is 0 Å². The average molecular weight is 269 g/mol. The standard InChI is InChI=1S/C17H35NO/c1-5-7-8-9-13-19-16-14-17(3,4)11-10-15(16)18-12-6-2/h15-16,18H,5-14H2,1-4H3. The minimum atomic E-state index is 0.428. The molecule has 0 heterocycles. The van der Waals surface area contributed by atoms with Crippen LogP contribution in [0.2, 0.25) is 0 Å². The summed E-state index contributed by atoms with van der Waals surface area (Å²) in [5.74, 6) is 0. The van der Waals surface area contributed by atoms with E-state index in [1.54, 1.807) is 0 Å². The largest absolute Gasteiger partial charge is 0.377 e. The van der Waals surface area contributed by atoms with Gasteiger partial charge in [-0.2, -0.15) is 0 Å². The van der Waals surface area contributed by atoms with E-state index in [4.69, 9.17) is 4.74 Å². The molecular weight excluding hydrogens is 234 g/mol. The highest BCUT2D eigenvalue weighted by Crippen LogP contribution is 2.36. The second-order valence-corrected chi connectivity index (χ2v) is 6.94. The summed E-state index contributed by atoms with van der Waals surface area (Å²) in [6.45, 7) is 11.3. The van der Waals surface area contributed by atoms with Gasteiger partial charge in [0.1, 0.15) is 0 Å². The molecule has 1 N–H and O–H groups in total. The van der Waals surface area contributed by atoms with Crippen LogP contribution < -0.4 is 5.32 Å². The molecule has 0 aromatic heterocycles. The summed E-state index contributed by atoms with van der Waals surface area (Å²) in [5.41, 5.74) is 0.457. The Balaban J connectivity index is 2.33. The van der Waals surface area contributed by atoms with Crippen LogP contribution in [0, 0.1) is 5.41 Å². The summed E-state index contributed by atoms with van der Waals surface area (Å²) in [6, 6.07) is 0.583. The van der Waals surface area contributed by atoms with Gasteiger partial charge in [-0.15, -0.1) is 0 Å². The molecule has 0 aromatic carbocycles. The number of unbranched alkanes of at least 4 members (excludes halogenated alkanes) is 3. The topological polar surface area (TPSA) is 21.3 Å². The van der Waals surface area contributed by atoms with E-state index in [0.29, 0.717) is 17.6 Å². The summed E-state index contributed by atoms with van der Waals surface area (Å²) in [6.07, 6.45) is 10.6. The Kier molecular flexibility index (Phi) is 8.01. The van der Waals surface area contributed by atoms with Gasteiger partial charge in [0, 0.05) is 12.6 Å². The second-order valence-electron chi connectivity index (χ2n) is 6.94. The zero-order valence-electron chi connectivity index (χ0n) is 13.6. The van der Waals surface area contributed by atoms with Crippen LogP contribution in [0.5, 0.6) is 0 Å². The van der Waals surface area contributed by atoms with Crippen LogP contribution in [-0.4, -0.2) is 25.3 Å². The first-order valence-electron chi connectivity index (χ1n) is 8.44. The molecule has 1 saturated carbocycles. The van der Waals surface area contributed by atoms with E-state index in [1.165, 1.54) is 51.4 Å². The summed E-state index contributed by atoms with van der Waals surface area (Å²) >= 11 is 0. The molecule has 1 fully saturated rings. The van der Waals surface area contributed by atoms with Crippen molar-refractivity contribution < 1.29 is 4.74 Å². The molecule has 2 atom stereocenters. The summed E-state index contributed by atoms with van der Waals surface area (Å²) < 4.78 is 6.21. The third-order valence-electron chi connectivity index (χ3n) is 4.32. The number of rotatable bonds is 9. The monoisotopic (exact) mass is 269 g/mol. The molecule has 0 aromatic rings. The van der Waals surface area contributed by atoms with Gasteiger partial charge in [0.2, 0.25) is 0 Å². The lowest BCUT2D eigenvalue weighted by atomic mass is 9.74. The average Bonchev–Trinajstić information content (AvgIpc) is 2.37. The molecular formula is C17H35NO. The van der Waals surface area contributed by atoms with Crippen molar-refractivity contribution in [3.63, 3.8) is 0 Å². The summed E-state index contributed by atoms with van der Waals surface area (Å²) in [5, 5.41) is 3.69. The van der Waals surface area contributed by atoms with Gasteiger partial charge in [-0.1, -0.05) is 47.0 Å². The van der Waals surface area contributed by atoms with Crippen molar-refractivity contribution in [3.05, 3.63) is 0 Å². The molecule has 114 valence electrons. The fraction of sp³-hybridized carbons (Fsp3) is 1.00. The maximum absolute atomic E-state index is 6.21. The Bertz CT molecular complexity index is 227. The lowest BCUT2D eigenvalue weighted by Crippen LogP contribution is -2.48. The second kappa shape index (κ2) is 8.97. The van der Waals surface area contributed by atoms with Crippen LogP contribution in [0.25, 0.3) is 0 Å². The zero-order chi connectivity index (χ0) is 14.1. The van der Waals surface area contributed by atoms with Crippen molar-refractivity contribution in [2.45, 2.75) is 91.2 Å². The molecule has 2 nitrogen and oxygen atoms in total. The van der Waals surface area contributed by atoms with Crippen molar-refractivity contribution >= 4 is 0 Å². The Morgan fingerprint density at radius 3 is 2.58 bits per heavy atom. The molecule has 2 unspecified atom stereocenters. The lowest BCUT2D eigenvalue weighted by Gasteiger charge is -2.41. The van der Waals surface area contributed by atoms with Crippen LogP contribution in [-0.2, 0) is 4.74 Å². The van der Waals surface area contributed by atoms with Gasteiger partial charge in [0.25, 0.3) is 0 Å². The van der Waals surface area contributed by atoms with Crippen molar-refractivity contribution in [2.24, 2.45) is 5.41 Å². The predicted molar refractivity (Wildman–Crippen MR) is 83.6 cm³/mol. The molecule has 0 amide bonds. The van der Waals surface area contributed by atoms with Gasteiger partial charge in [0.15, 0.2) is 0 Å². The maximum atomic E-state index is 6.21. The molecule has 19 heavy (non-hydrogen) atoms. The van der Waals surface area contributed by atoms with E-state index in [9.17, 15) is 0 Å². The summed E-state index contributed by atoms with van der Waals surface area (Å²) in [4.78, 5) is 0. The van der Waals surface area contributed by atoms with Gasteiger partial charge in [0.05, 0.1) is 6.10 Å². The van der Waals surface area contributed by atoms with E-state index in [0.717, 1.165) is 13.2 Å². The van der Waals surface area contributed by atoms with Crippen LogP contribution in [0.4, 0.5) is 0 Å². The predicted octanol–water partition coefficient (Wildman–Crippen LogP) is 4.53.